The fraction of sp³-hybridized carbons (Fsp3) is 0.743. The number of carbonyl (C=O) groups excluding carboxylic acids is 2. The molecule has 10 heteroatoms. The van der Waals surface area contributed by atoms with E-state index < -0.39 is 26.6 Å². The molecule has 462 valence electrons. The first-order valence-electron chi connectivity index (χ1n) is 33.0. The molecule has 0 aliphatic heterocycles. The minimum Gasteiger partial charge on any atom is -0.756 e. The first kappa shape index (κ1) is 76.9. The van der Waals surface area contributed by atoms with Crippen LogP contribution in [0.15, 0.2) is 97.2 Å². The van der Waals surface area contributed by atoms with Crippen molar-refractivity contribution in [3.63, 3.8) is 0 Å². The molecule has 0 bridgehead atoms. The van der Waals surface area contributed by atoms with Gasteiger partial charge in [0.1, 0.15) is 19.3 Å². The van der Waals surface area contributed by atoms with Crippen molar-refractivity contribution in [3.05, 3.63) is 97.2 Å². The van der Waals surface area contributed by atoms with E-state index in [-0.39, 0.29) is 24.9 Å². The molecular weight excluding hydrogens is 1010 g/mol. The Labute approximate surface area is 494 Å². The molecule has 9 nitrogen and oxygen atoms in total. The number of nitrogens with zero attached hydrogens (tertiary/aromatic N) is 1. The van der Waals surface area contributed by atoms with Crippen LogP contribution in [0.1, 0.15) is 284 Å². The Balaban J connectivity index is 5.12. The average Bonchev–Trinajstić information content (AvgIpc) is 3.42. The van der Waals surface area contributed by atoms with Crippen LogP contribution in [0.3, 0.4) is 0 Å². The van der Waals surface area contributed by atoms with Crippen molar-refractivity contribution in [2.24, 2.45) is 0 Å². The fourth-order valence-electron chi connectivity index (χ4n) is 9.17. The predicted octanol–water partition coefficient (Wildman–Crippen LogP) is 20.1. The van der Waals surface area contributed by atoms with Gasteiger partial charge in [-0.3, -0.25) is 14.2 Å². The summed E-state index contributed by atoms with van der Waals surface area (Å²) in [6, 6.07) is -0.905. The lowest BCUT2D eigenvalue weighted by atomic mass is 10.0. The standard InChI is InChI=1S/C70H125N2O7P/c1-7-10-13-16-19-22-25-28-30-31-32-33-34-35-36-37-38-39-40-41-42-44-47-50-53-56-59-62-69(73)71-67(66-78-80(75,76)77-65-64-72(4,5)6)68(61-58-55-52-49-46-43-27-24-21-18-15-12-9-3)79-70(74)63-60-57-54-51-48-45-29-26-23-20-17-14-11-8-2/h11,14,19-20,22-23,28-30,32-33,35-36,45,58,61,67-68H,7-10,12-13,15-18,21,24-27,31,34,37-44,46-57,59-60,62-66H2,1-6H3,(H-,71,73,75,76)/b14-11+,22-19-,23-20+,30-28-,33-32-,36-35-,45-29+,61-58-. The largest absolute Gasteiger partial charge is 0.756 e. The van der Waals surface area contributed by atoms with E-state index in [1.807, 2.05) is 33.3 Å². The summed E-state index contributed by atoms with van der Waals surface area (Å²) >= 11 is 0. The number of quaternary nitrogens is 1. The highest BCUT2D eigenvalue weighted by molar-refractivity contribution is 7.45. The van der Waals surface area contributed by atoms with Crippen molar-refractivity contribution in [2.45, 2.75) is 296 Å². The molecule has 0 aliphatic rings. The van der Waals surface area contributed by atoms with Crippen LogP contribution in [0, 0.1) is 0 Å². The summed E-state index contributed by atoms with van der Waals surface area (Å²) in [5.74, 6) is -0.570. The second-order valence-electron chi connectivity index (χ2n) is 23.2. The Morgan fingerprint density at radius 1 is 0.450 bits per heavy atom. The van der Waals surface area contributed by atoms with Gasteiger partial charge in [0.25, 0.3) is 7.82 Å². The number of ether oxygens (including phenoxy) is 1. The molecule has 0 aromatic rings. The van der Waals surface area contributed by atoms with E-state index in [2.05, 4.69) is 111 Å². The molecule has 0 fully saturated rings. The van der Waals surface area contributed by atoms with Gasteiger partial charge in [-0.25, -0.2) is 0 Å². The zero-order valence-corrected chi connectivity index (χ0v) is 53.7. The van der Waals surface area contributed by atoms with Crippen molar-refractivity contribution < 1.29 is 37.3 Å². The Hall–Kier alpha value is -3.07. The molecule has 0 rings (SSSR count). The van der Waals surface area contributed by atoms with E-state index in [1.165, 1.54) is 135 Å². The number of carbonyl (C=O) groups is 2. The van der Waals surface area contributed by atoms with Crippen LogP contribution in [0.5, 0.6) is 0 Å². The Kier molecular flexibility index (Phi) is 56.8. The summed E-state index contributed by atoms with van der Waals surface area (Å²) in [6.07, 6.45) is 79.5. The van der Waals surface area contributed by atoms with E-state index in [4.69, 9.17) is 13.8 Å². The first-order chi connectivity index (χ1) is 38.9. The maximum absolute atomic E-state index is 13.6. The van der Waals surface area contributed by atoms with Crippen LogP contribution in [-0.2, 0) is 27.9 Å². The van der Waals surface area contributed by atoms with Gasteiger partial charge in [0, 0.05) is 12.8 Å². The van der Waals surface area contributed by atoms with Gasteiger partial charge < -0.3 is 28.5 Å². The van der Waals surface area contributed by atoms with Crippen molar-refractivity contribution in [2.75, 3.05) is 40.9 Å². The van der Waals surface area contributed by atoms with Gasteiger partial charge in [0.05, 0.1) is 33.8 Å². The smallest absolute Gasteiger partial charge is 0.306 e. The van der Waals surface area contributed by atoms with Gasteiger partial charge in [-0.05, 0) is 109 Å². The summed E-state index contributed by atoms with van der Waals surface area (Å²) in [4.78, 5) is 40.0. The minimum absolute atomic E-state index is 0.0305. The number of unbranched alkanes of at least 4 members (excludes halogenated alkanes) is 29. The molecule has 0 aliphatic carbocycles. The van der Waals surface area contributed by atoms with Gasteiger partial charge in [0.2, 0.25) is 5.91 Å². The Morgan fingerprint density at radius 2 is 0.800 bits per heavy atom. The van der Waals surface area contributed by atoms with Crippen LogP contribution >= 0.6 is 7.82 Å². The van der Waals surface area contributed by atoms with E-state index in [1.54, 1.807) is 0 Å². The topological polar surface area (TPSA) is 114 Å². The van der Waals surface area contributed by atoms with Crippen molar-refractivity contribution >= 4 is 19.7 Å². The highest BCUT2D eigenvalue weighted by Crippen LogP contribution is 2.38. The molecular formula is C70H125N2O7P. The molecule has 0 saturated heterocycles. The predicted molar refractivity (Wildman–Crippen MR) is 344 cm³/mol. The molecule has 1 amide bonds. The zero-order valence-electron chi connectivity index (χ0n) is 52.8. The molecule has 3 atom stereocenters. The molecule has 0 saturated carbocycles. The summed E-state index contributed by atoms with van der Waals surface area (Å²) in [6.45, 7) is 6.69. The Morgan fingerprint density at radius 3 is 1.23 bits per heavy atom. The highest BCUT2D eigenvalue weighted by Gasteiger charge is 2.27. The van der Waals surface area contributed by atoms with Gasteiger partial charge in [-0.1, -0.05) is 260 Å². The Bertz CT molecular complexity index is 1690. The minimum atomic E-state index is -4.71. The van der Waals surface area contributed by atoms with Gasteiger partial charge in [0.15, 0.2) is 0 Å². The number of nitrogens with one attached hydrogen (secondary N) is 1. The third-order valence-corrected chi connectivity index (χ3v) is 15.2. The van der Waals surface area contributed by atoms with Crippen molar-refractivity contribution in [1.82, 2.24) is 5.32 Å². The number of amides is 1. The number of allylic oxidation sites excluding steroid dienone is 15. The van der Waals surface area contributed by atoms with E-state index in [9.17, 15) is 19.0 Å². The lowest BCUT2D eigenvalue weighted by Gasteiger charge is -2.30. The number of hydrogen-bond acceptors (Lipinski definition) is 7. The van der Waals surface area contributed by atoms with Crippen molar-refractivity contribution in [3.8, 4) is 0 Å². The second kappa shape index (κ2) is 59.1. The van der Waals surface area contributed by atoms with Crippen molar-refractivity contribution in [1.29, 1.82) is 0 Å². The first-order valence-corrected chi connectivity index (χ1v) is 34.5. The third-order valence-electron chi connectivity index (χ3n) is 14.2. The van der Waals surface area contributed by atoms with Crippen LogP contribution in [0.2, 0.25) is 0 Å². The third kappa shape index (κ3) is 59.5. The van der Waals surface area contributed by atoms with E-state index >= 15 is 0 Å². The monoisotopic (exact) mass is 1140 g/mol. The maximum atomic E-state index is 13.6. The number of phosphoric acid groups is 1. The normalized spacial score (nSPS) is 14.2. The molecule has 1 N–H and O–H groups in total. The van der Waals surface area contributed by atoms with E-state index in [0.717, 1.165) is 109 Å². The molecule has 0 aromatic carbocycles. The fourth-order valence-corrected chi connectivity index (χ4v) is 9.89. The van der Waals surface area contributed by atoms with E-state index in [0.29, 0.717) is 23.9 Å². The molecule has 3 unspecified atom stereocenters. The number of hydrogen-bond donors (Lipinski definition) is 1. The zero-order chi connectivity index (χ0) is 58.6. The second-order valence-corrected chi connectivity index (χ2v) is 24.6. The number of rotatable bonds is 59. The highest BCUT2D eigenvalue weighted by atomic mass is 31.2. The van der Waals surface area contributed by atoms with Gasteiger partial charge >= 0.3 is 5.97 Å². The summed E-state index contributed by atoms with van der Waals surface area (Å²) in [5, 5.41) is 3.03. The molecule has 0 spiro atoms. The molecule has 0 aromatic heterocycles. The number of phosphoric ester groups is 1. The molecule has 0 radical (unpaired) electrons. The van der Waals surface area contributed by atoms with Gasteiger partial charge in [-0.15, -0.1) is 0 Å². The van der Waals surface area contributed by atoms with Gasteiger partial charge in [-0.2, -0.15) is 0 Å². The maximum Gasteiger partial charge on any atom is 0.306 e. The number of esters is 1. The number of likely N-dealkylation sites (N-methyl/N-ethyl adjacent to an activating group) is 1. The van der Waals surface area contributed by atoms with Crippen LogP contribution in [-0.4, -0.2) is 69.4 Å². The summed E-state index contributed by atoms with van der Waals surface area (Å²) in [7, 11) is 1.16. The summed E-state index contributed by atoms with van der Waals surface area (Å²) in [5.41, 5.74) is 0. The average molecular weight is 1140 g/mol. The lowest BCUT2D eigenvalue weighted by molar-refractivity contribution is -0.870. The lowest BCUT2D eigenvalue weighted by Crippen LogP contribution is -2.47. The van der Waals surface area contributed by atoms with Crippen LogP contribution in [0.4, 0.5) is 0 Å². The molecule has 80 heavy (non-hydrogen) atoms. The van der Waals surface area contributed by atoms with Crippen LogP contribution < -0.4 is 10.2 Å². The quantitative estimate of drug-likeness (QED) is 0.0212. The molecule has 0 heterocycles. The summed E-state index contributed by atoms with van der Waals surface area (Å²) < 4.78 is 30.3. The SMILES string of the molecule is CC/C=C/C/C=C/C/C=C/CCCCCCC(=O)OC(/C=C\CCCCCCCCCCCCC)C(COP(=O)([O-])OCC[N+](C)(C)C)NC(=O)CCCCCCCCCCCCC/C=C\C/C=C\C/C=C\C/C=C\CCCCC. The van der Waals surface area contributed by atoms with Crippen LogP contribution in [0.25, 0.3) is 0 Å².